The summed E-state index contributed by atoms with van der Waals surface area (Å²) in [5, 5.41) is 22.2. The summed E-state index contributed by atoms with van der Waals surface area (Å²) < 4.78 is 1.43. The van der Waals surface area contributed by atoms with Crippen LogP contribution in [0.3, 0.4) is 0 Å². The number of fused-ring (bicyclic) bond motifs is 1. The Kier molecular flexibility index (Phi) is 5.56. The quantitative estimate of drug-likeness (QED) is 0.485. The molecule has 2 aromatic rings. The van der Waals surface area contributed by atoms with Crippen LogP contribution in [-0.4, -0.2) is 47.8 Å². The number of nitrogens with zero attached hydrogens (tertiary/aromatic N) is 3. The molecule has 0 radical (unpaired) electrons. The third kappa shape index (κ3) is 3.66. The van der Waals surface area contributed by atoms with Gasteiger partial charge in [0, 0.05) is 0 Å². The average molecular weight is 326 g/mol. The van der Waals surface area contributed by atoms with Crippen molar-refractivity contribution < 1.29 is 15.0 Å². The first-order valence-electron chi connectivity index (χ1n) is 7.03. The second kappa shape index (κ2) is 7.41. The molecule has 0 aromatic carbocycles. The highest BCUT2D eigenvalue weighted by atomic mass is 32.2. The summed E-state index contributed by atoms with van der Waals surface area (Å²) in [6, 6.07) is 0. The Morgan fingerprint density at radius 1 is 1.55 bits per heavy atom. The number of thioether (sulfide) groups is 1. The zero-order valence-electron chi connectivity index (χ0n) is 12.2. The maximum absolute atomic E-state index is 12.0. The molecule has 0 bridgehead atoms. The number of H-pyrrole nitrogens is 1. The molecule has 120 valence electrons. The molecule has 0 saturated carbocycles. The summed E-state index contributed by atoms with van der Waals surface area (Å²) in [4.78, 5) is 30.2. The monoisotopic (exact) mass is 326 g/mol. The van der Waals surface area contributed by atoms with Gasteiger partial charge < -0.3 is 15.2 Å². The maximum atomic E-state index is 12.0. The van der Waals surface area contributed by atoms with E-state index < -0.39 is 11.2 Å². The van der Waals surface area contributed by atoms with Gasteiger partial charge in [0.05, 0.1) is 19.3 Å². The van der Waals surface area contributed by atoms with Gasteiger partial charge in [0.25, 0.3) is 5.56 Å². The minimum atomic E-state index is -0.926. The van der Waals surface area contributed by atoms with E-state index in [4.69, 9.17) is 5.11 Å². The van der Waals surface area contributed by atoms with Gasteiger partial charge in [-0.3, -0.25) is 9.59 Å². The summed E-state index contributed by atoms with van der Waals surface area (Å²) in [6.45, 7) is 2.09. The van der Waals surface area contributed by atoms with Crippen LogP contribution in [0.15, 0.2) is 16.1 Å². The highest BCUT2D eigenvalue weighted by molar-refractivity contribution is 8.00. The van der Waals surface area contributed by atoms with Crippen molar-refractivity contribution in [3.05, 3.63) is 16.6 Å². The first-order valence-corrected chi connectivity index (χ1v) is 7.91. The topological polar surface area (TPSA) is 121 Å². The minimum Gasteiger partial charge on any atom is -0.480 e. The van der Waals surface area contributed by atoms with Crippen LogP contribution >= 0.6 is 11.8 Å². The van der Waals surface area contributed by atoms with Crippen molar-refractivity contribution in [2.45, 2.75) is 43.1 Å². The summed E-state index contributed by atoms with van der Waals surface area (Å²) in [6.07, 6.45) is 3.58. The number of unbranched alkanes of at least 4 members (excludes halogenated alkanes) is 1. The lowest BCUT2D eigenvalue weighted by Crippen LogP contribution is -2.18. The molecule has 0 amide bonds. The van der Waals surface area contributed by atoms with Crippen LogP contribution in [0.2, 0.25) is 0 Å². The van der Waals surface area contributed by atoms with E-state index in [1.165, 1.54) is 10.9 Å². The summed E-state index contributed by atoms with van der Waals surface area (Å²) >= 11 is 1.03. The van der Waals surface area contributed by atoms with E-state index in [2.05, 4.69) is 15.1 Å². The number of aliphatic hydroxyl groups is 1. The Balaban J connectivity index is 2.32. The maximum Gasteiger partial charge on any atom is 0.317 e. The second-order valence-corrected chi connectivity index (χ2v) is 5.98. The van der Waals surface area contributed by atoms with Crippen molar-refractivity contribution in [1.29, 1.82) is 0 Å². The van der Waals surface area contributed by atoms with Crippen LogP contribution in [-0.2, 0) is 11.3 Å². The van der Waals surface area contributed by atoms with E-state index in [-0.39, 0.29) is 23.9 Å². The fourth-order valence-electron chi connectivity index (χ4n) is 2.02. The van der Waals surface area contributed by atoms with Gasteiger partial charge in [-0.25, -0.2) is 9.67 Å². The van der Waals surface area contributed by atoms with Crippen LogP contribution in [0.1, 0.15) is 26.2 Å². The Hall–Kier alpha value is -1.87. The van der Waals surface area contributed by atoms with Crippen molar-refractivity contribution in [3.63, 3.8) is 0 Å². The Labute approximate surface area is 130 Å². The molecular weight excluding hydrogens is 308 g/mol. The van der Waals surface area contributed by atoms with E-state index in [1.807, 2.05) is 6.92 Å². The van der Waals surface area contributed by atoms with Gasteiger partial charge in [0.15, 0.2) is 10.8 Å². The first-order chi connectivity index (χ1) is 10.6. The number of aromatic nitrogens is 4. The average Bonchev–Trinajstić information content (AvgIpc) is 2.87. The van der Waals surface area contributed by atoms with Crippen LogP contribution < -0.4 is 5.56 Å². The third-order valence-corrected chi connectivity index (χ3v) is 4.28. The molecule has 0 spiro atoms. The summed E-state index contributed by atoms with van der Waals surface area (Å²) in [5.41, 5.74) is -0.0174. The second-order valence-electron chi connectivity index (χ2n) is 4.79. The molecule has 22 heavy (non-hydrogen) atoms. The Morgan fingerprint density at radius 2 is 2.32 bits per heavy atom. The van der Waals surface area contributed by atoms with Crippen molar-refractivity contribution in [1.82, 2.24) is 19.7 Å². The van der Waals surface area contributed by atoms with Crippen LogP contribution in [0.5, 0.6) is 0 Å². The van der Waals surface area contributed by atoms with Crippen molar-refractivity contribution in [2.75, 3.05) is 6.61 Å². The number of nitrogens with one attached hydrogen (secondary N) is 1. The number of rotatable bonds is 8. The highest BCUT2D eigenvalue weighted by Crippen LogP contribution is 2.24. The normalized spacial score (nSPS) is 12.6. The SMILES string of the molecule is CCCC[C@@H](Sc1nc2c(cnn2CCO)c(=O)[nH]1)C(=O)O. The van der Waals surface area contributed by atoms with Crippen molar-refractivity contribution >= 4 is 28.8 Å². The number of carbonyl (C=O) groups is 1. The molecule has 8 nitrogen and oxygen atoms in total. The van der Waals surface area contributed by atoms with Gasteiger partial charge in [-0.1, -0.05) is 31.5 Å². The largest absolute Gasteiger partial charge is 0.480 e. The van der Waals surface area contributed by atoms with Gasteiger partial charge in [-0.2, -0.15) is 5.10 Å². The fourth-order valence-corrected chi connectivity index (χ4v) is 2.96. The van der Waals surface area contributed by atoms with Crippen LogP contribution in [0, 0.1) is 0 Å². The molecule has 0 aliphatic carbocycles. The summed E-state index contributed by atoms with van der Waals surface area (Å²) in [5.74, 6) is -0.926. The molecule has 0 saturated heterocycles. The fraction of sp³-hybridized carbons (Fsp3) is 0.538. The number of aliphatic carboxylic acids is 1. The van der Waals surface area contributed by atoms with E-state index in [0.29, 0.717) is 17.5 Å². The third-order valence-electron chi connectivity index (χ3n) is 3.15. The number of aromatic amines is 1. The van der Waals surface area contributed by atoms with E-state index in [9.17, 15) is 14.7 Å². The van der Waals surface area contributed by atoms with Gasteiger partial charge in [0.2, 0.25) is 0 Å². The molecule has 0 aliphatic heterocycles. The number of carboxylic acids is 1. The molecule has 3 N–H and O–H groups in total. The minimum absolute atomic E-state index is 0.123. The highest BCUT2D eigenvalue weighted by Gasteiger charge is 2.20. The van der Waals surface area contributed by atoms with E-state index >= 15 is 0 Å². The standard InChI is InChI=1S/C13H18N4O4S/c1-2-3-4-9(12(20)21)22-13-15-10-8(11(19)16-13)7-14-17(10)5-6-18/h7,9,18H,2-6H2,1H3,(H,20,21)(H,15,16,19)/t9-/m1/s1. The molecule has 2 aromatic heterocycles. The zero-order chi connectivity index (χ0) is 16.1. The predicted molar refractivity (Wildman–Crippen MR) is 82.0 cm³/mol. The number of aliphatic hydroxyl groups excluding tert-OH is 1. The van der Waals surface area contributed by atoms with Gasteiger partial charge >= 0.3 is 5.97 Å². The molecule has 2 rings (SSSR count). The molecule has 0 unspecified atom stereocenters. The van der Waals surface area contributed by atoms with Gasteiger partial charge in [-0.15, -0.1) is 0 Å². The molecule has 0 aliphatic rings. The zero-order valence-corrected chi connectivity index (χ0v) is 13.0. The number of carboxylic acid groups (broad SMARTS) is 1. The number of hydrogen-bond acceptors (Lipinski definition) is 6. The Morgan fingerprint density at radius 3 is 2.95 bits per heavy atom. The number of hydrogen-bond donors (Lipinski definition) is 3. The molecular formula is C13H18N4O4S. The van der Waals surface area contributed by atoms with Gasteiger partial charge in [-0.05, 0) is 6.42 Å². The van der Waals surface area contributed by atoms with E-state index in [0.717, 1.165) is 24.6 Å². The summed E-state index contributed by atoms with van der Waals surface area (Å²) in [7, 11) is 0. The van der Waals surface area contributed by atoms with Crippen molar-refractivity contribution in [2.24, 2.45) is 0 Å². The lowest BCUT2D eigenvalue weighted by Gasteiger charge is -2.10. The molecule has 1 atom stereocenters. The van der Waals surface area contributed by atoms with Crippen LogP contribution in [0.4, 0.5) is 0 Å². The molecule has 9 heteroatoms. The van der Waals surface area contributed by atoms with Crippen LogP contribution in [0.25, 0.3) is 11.0 Å². The van der Waals surface area contributed by atoms with Crippen molar-refractivity contribution in [3.8, 4) is 0 Å². The smallest absolute Gasteiger partial charge is 0.317 e. The molecule has 2 heterocycles. The lowest BCUT2D eigenvalue weighted by molar-refractivity contribution is -0.136. The molecule has 0 fully saturated rings. The Bertz CT molecular complexity index is 712. The predicted octanol–water partition coefficient (Wildman–Crippen LogP) is 0.847. The van der Waals surface area contributed by atoms with Gasteiger partial charge in [0.1, 0.15) is 10.6 Å². The van der Waals surface area contributed by atoms with E-state index in [1.54, 1.807) is 0 Å². The lowest BCUT2D eigenvalue weighted by atomic mass is 10.2. The first kappa shape index (κ1) is 16.5.